The van der Waals surface area contributed by atoms with Crippen LogP contribution in [-0.4, -0.2) is 56.1 Å². The summed E-state index contributed by atoms with van der Waals surface area (Å²) in [4.78, 5) is 44.3. The summed E-state index contributed by atoms with van der Waals surface area (Å²) in [5, 5.41) is 7.53. The molecule has 46 heavy (non-hydrogen) atoms. The Kier molecular flexibility index (Phi) is 8.87. The van der Waals surface area contributed by atoms with E-state index in [9.17, 15) is 14.4 Å². The molecule has 2 amide bonds. The quantitative estimate of drug-likeness (QED) is 0.221. The van der Waals surface area contributed by atoms with Gasteiger partial charge < -0.3 is 34.7 Å². The molecule has 3 aromatic carbocycles. The van der Waals surface area contributed by atoms with Crippen LogP contribution in [0.4, 0.5) is 5.69 Å². The van der Waals surface area contributed by atoms with E-state index in [0.717, 1.165) is 34.3 Å². The fraction of sp³-hybridized carbons (Fsp3) is 0.361. The van der Waals surface area contributed by atoms with Crippen LogP contribution in [0.2, 0.25) is 0 Å². The van der Waals surface area contributed by atoms with Gasteiger partial charge in [-0.2, -0.15) is 0 Å². The number of rotatable bonds is 9. The number of methoxy groups -OCH3 is 3. The molecule has 10 heteroatoms. The molecule has 0 spiro atoms. The largest absolute Gasteiger partial charge is 0.493 e. The fourth-order valence-corrected chi connectivity index (χ4v) is 6.88. The van der Waals surface area contributed by atoms with Crippen LogP contribution < -0.4 is 30.3 Å². The lowest BCUT2D eigenvalue weighted by molar-refractivity contribution is -0.132. The van der Waals surface area contributed by atoms with Crippen LogP contribution in [0.5, 0.6) is 17.2 Å². The van der Waals surface area contributed by atoms with Crippen molar-refractivity contribution in [3.8, 4) is 28.4 Å². The third-order valence-electron chi connectivity index (χ3n) is 9.03. The average molecular weight is 625 g/mol. The standard InChI is InChI=1S/C36H40N4O6/c1-21(41)38-28-13-11-22-18-32(44-2)35(45-3)36(46-4)34(22)25-12-14-29(31(42)19-26(25)28)37-16-7-10-33(43)40-17-15-24-23-8-5-6-9-27(23)39-30(24)20-40/h5-6,8-9,12,14,18-19,28,39H,7,10-11,13,15-17,20H2,1-4H3,(H,37,42)(H,38,41)/t28-/m0/s1. The van der Waals surface area contributed by atoms with Gasteiger partial charge in [0.1, 0.15) is 0 Å². The van der Waals surface area contributed by atoms with E-state index in [1.807, 2.05) is 29.2 Å². The first-order valence-corrected chi connectivity index (χ1v) is 15.7. The normalized spacial score (nSPS) is 15.2. The molecule has 1 atom stereocenters. The van der Waals surface area contributed by atoms with Crippen LogP contribution >= 0.6 is 0 Å². The van der Waals surface area contributed by atoms with E-state index < -0.39 is 0 Å². The van der Waals surface area contributed by atoms with Crippen LogP contribution in [-0.2, 0) is 29.0 Å². The number of carbonyl (C=O) groups excluding carboxylic acids is 2. The van der Waals surface area contributed by atoms with Gasteiger partial charge in [-0.25, -0.2) is 0 Å². The highest BCUT2D eigenvalue weighted by Gasteiger charge is 2.29. The van der Waals surface area contributed by atoms with Gasteiger partial charge in [-0.1, -0.05) is 24.3 Å². The second-order valence-corrected chi connectivity index (χ2v) is 11.8. The Morgan fingerprint density at radius 2 is 1.80 bits per heavy atom. The number of para-hydroxylation sites is 1. The van der Waals surface area contributed by atoms with Gasteiger partial charge in [0.15, 0.2) is 11.5 Å². The molecule has 1 aromatic heterocycles. The van der Waals surface area contributed by atoms with Gasteiger partial charge in [-0.15, -0.1) is 0 Å². The van der Waals surface area contributed by atoms with E-state index in [2.05, 4.69) is 27.8 Å². The van der Waals surface area contributed by atoms with E-state index in [1.54, 1.807) is 33.5 Å². The van der Waals surface area contributed by atoms with Crippen molar-refractivity contribution in [3.63, 3.8) is 0 Å². The SMILES string of the molecule is COc1cc2c(c(OC)c1OC)-c1ccc(NCCCC(=O)N3CCc4c([nH]c5ccccc45)C3)c(=O)cc1[C@@H](NC(C)=O)CC2. The molecule has 6 rings (SSSR count). The van der Waals surface area contributed by atoms with Crippen molar-refractivity contribution in [2.24, 2.45) is 0 Å². The van der Waals surface area contributed by atoms with Crippen LogP contribution in [0.15, 0.2) is 53.3 Å². The van der Waals surface area contributed by atoms with Crippen LogP contribution in [0.25, 0.3) is 22.0 Å². The van der Waals surface area contributed by atoms with Crippen molar-refractivity contribution >= 4 is 28.4 Å². The summed E-state index contributed by atoms with van der Waals surface area (Å²) < 4.78 is 17.1. The zero-order valence-corrected chi connectivity index (χ0v) is 26.7. The van der Waals surface area contributed by atoms with Crippen molar-refractivity contribution in [1.29, 1.82) is 0 Å². The molecule has 2 heterocycles. The Morgan fingerprint density at radius 1 is 1.00 bits per heavy atom. The molecule has 240 valence electrons. The molecule has 0 fully saturated rings. The predicted molar refractivity (Wildman–Crippen MR) is 178 cm³/mol. The molecule has 0 bridgehead atoms. The Bertz CT molecular complexity index is 1870. The number of nitrogens with zero attached hydrogens (tertiary/aromatic N) is 1. The van der Waals surface area contributed by atoms with Gasteiger partial charge in [0.05, 0.1) is 39.6 Å². The van der Waals surface area contributed by atoms with Gasteiger partial charge >= 0.3 is 0 Å². The first-order valence-electron chi connectivity index (χ1n) is 15.7. The summed E-state index contributed by atoms with van der Waals surface area (Å²) >= 11 is 0. The van der Waals surface area contributed by atoms with Gasteiger partial charge in [-0.05, 0) is 72.2 Å². The predicted octanol–water partition coefficient (Wildman–Crippen LogP) is 5.12. The number of aromatic nitrogens is 1. The number of hydrogen-bond donors (Lipinski definition) is 3. The number of carbonyl (C=O) groups is 2. The molecular formula is C36H40N4O6. The minimum Gasteiger partial charge on any atom is -0.493 e. The van der Waals surface area contributed by atoms with E-state index in [0.29, 0.717) is 73.8 Å². The number of nitrogens with one attached hydrogen (secondary N) is 3. The second-order valence-electron chi connectivity index (χ2n) is 11.8. The number of aromatic amines is 1. The lowest BCUT2D eigenvalue weighted by Crippen LogP contribution is -2.36. The number of amides is 2. The third kappa shape index (κ3) is 5.87. The zero-order chi connectivity index (χ0) is 32.4. The van der Waals surface area contributed by atoms with Gasteiger partial charge in [0.2, 0.25) is 23.0 Å². The van der Waals surface area contributed by atoms with Crippen molar-refractivity contribution in [2.45, 2.75) is 51.6 Å². The number of hydrogen-bond acceptors (Lipinski definition) is 7. The molecule has 0 saturated carbocycles. The van der Waals surface area contributed by atoms with Crippen molar-refractivity contribution in [1.82, 2.24) is 15.2 Å². The summed E-state index contributed by atoms with van der Waals surface area (Å²) in [6, 6.07) is 15.1. The van der Waals surface area contributed by atoms with E-state index in [1.165, 1.54) is 17.9 Å². The number of ether oxygens (including phenoxy) is 3. The lowest BCUT2D eigenvalue weighted by atomic mass is 9.95. The highest BCUT2D eigenvalue weighted by Crippen LogP contribution is 2.50. The number of aryl methyl sites for hydroxylation is 1. The topological polar surface area (TPSA) is 122 Å². The summed E-state index contributed by atoms with van der Waals surface area (Å²) in [6.07, 6.45) is 3.00. The molecule has 10 nitrogen and oxygen atoms in total. The number of H-pyrrole nitrogens is 1. The average Bonchev–Trinajstić information content (AvgIpc) is 3.27. The maximum atomic E-state index is 13.6. The van der Waals surface area contributed by atoms with E-state index >= 15 is 0 Å². The minimum atomic E-state index is -0.380. The first-order chi connectivity index (χ1) is 22.3. The highest BCUT2D eigenvalue weighted by atomic mass is 16.5. The first kappa shape index (κ1) is 31.0. The van der Waals surface area contributed by atoms with E-state index in [4.69, 9.17) is 14.2 Å². The third-order valence-corrected chi connectivity index (χ3v) is 9.03. The van der Waals surface area contributed by atoms with Crippen LogP contribution in [0.1, 0.15) is 54.6 Å². The maximum Gasteiger partial charge on any atom is 0.222 e. The molecule has 1 aliphatic carbocycles. The summed E-state index contributed by atoms with van der Waals surface area (Å²) in [5.41, 5.74) is 6.98. The summed E-state index contributed by atoms with van der Waals surface area (Å²) in [7, 11) is 4.71. The zero-order valence-electron chi connectivity index (χ0n) is 26.7. The Labute approximate surface area is 268 Å². The molecule has 4 aromatic rings. The lowest BCUT2D eigenvalue weighted by Gasteiger charge is -2.27. The Balaban J connectivity index is 1.21. The number of benzene rings is 2. The maximum absolute atomic E-state index is 13.6. The fourth-order valence-electron chi connectivity index (χ4n) is 6.88. The second kappa shape index (κ2) is 13.2. The van der Waals surface area contributed by atoms with Crippen molar-refractivity contribution in [3.05, 3.63) is 81.1 Å². The minimum absolute atomic E-state index is 0.102. The van der Waals surface area contributed by atoms with E-state index in [-0.39, 0.29) is 23.3 Å². The molecule has 0 unspecified atom stereocenters. The summed E-state index contributed by atoms with van der Waals surface area (Å²) in [6.45, 7) is 3.21. The van der Waals surface area contributed by atoms with Gasteiger partial charge in [0, 0.05) is 48.6 Å². The number of fused-ring (bicyclic) bond motifs is 6. The highest BCUT2D eigenvalue weighted by molar-refractivity contribution is 5.86. The Morgan fingerprint density at radius 3 is 2.57 bits per heavy atom. The number of anilines is 1. The monoisotopic (exact) mass is 624 g/mol. The van der Waals surface area contributed by atoms with Crippen molar-refractivity contribution in [2.75, 3.05) is 39.7 Å². The van der Waals surface area contributed by atoms with Gasteiger partial charge in [-0.3, -0.25) is 14.4 Å². The van der Waals surface area contributed by atoms with Crippen molar-refractivity contribution < 1.29 is 23.8 Å². The Hall–Kier alpha value is -4.99. The van der Waals surface area contributed by atoms with Crippen LogP contribution in [0, 0.1) is 0 Å². The molecule has 3 N–H and O–H groups in total. The molecule has 1 aliphatic heterocycles. The molecule has 2 aliphatic rings. The van der Waals surface area contributed by atoms with Gasteiger partial charge in [0.25, 0.3) is 0 Å². The van der Waals surface area contributed by atoms with Crippen LogP contribution in [0.3, 0.4) is 0 Å². The molecule has 0 radical (unpaired) electrons. The molecular weight excluding hydrogens is 584 g/mol. The molecule has 0 saturated heterocycles. The smallest absolute Gasteiger partial charge is 0.222 e. The summed E-state index contributed by atoms with van der Waals surface area (Å²) in [5.74, 6) is 1.43.